The van der Waals surface area contributed by atoms with Gasteiger partial charge in [-0.15, -0.1) is 11.8 Å². The Balaban J connectivity index is 2.31. The van der Waals surface area contributed by atoms with Gasteiger partial charge in [-0.05, 0) is 23.1 Å². The van der Waals surface area contributed by atoms with E-state index in [1.54, 1.807) is 0 Å². The van der Waals surface area contributed by atoms with E-state index in [-0.39, 0.29) is 0 Å². The van der Waals surface area contributed by atoms with Crippen molar-refractivity contribution in [2.24, 2.45) is 4.99 Å². The molecule has 1 radical (unpaired) electrons. The van der Waals surface area contributed by atoms with Crippen LogP contribution in [0, 0.1) is 6.04 Å². The smallest absolute Gasteiger partial charge is 0.134 e. The molecular formula is C7H6NS. The summed E-state index contributed by atoms with van der Waals surface area (Å²) in [5, 5.41) is 2.09. The molecule has 0 saturated carbocycles. The third-order valence-electron chi connectivity index (χ3n) is 1.38. The van der Waals surface area contributed by atoms with Crippen molar-refractivity contribution in [1.82, 2.24) is 0 Å². The van der Waals surface area contributed by atoms with Crippen molar-refractivity contribution in [1.29, 1.82) is 0 Å². The van der Waals surface area contributed by atoms with Crippen LogP contribution in [0.4, 0.5) is 0 Å². The summed E-state index contributed by atoms with van der Waals surface area (Å²) >= 11 is 1.82. The summed E-state index contributed by atoms with van der Waals surface area (Å²) in [4.78, 5) is 4.16. The Kier molecular flexibility index (Phi) is 1.19. The van der Waals surface area contributed by atoms with E-state index < -0.39 is 0 Å². The lowest BCUT2D eigenvalue weighted by Crippen LogP contribution is -1.96. The number of hydrogen-bond donors (Lipinski definition) is 0. The van der Waals surface area contributed by atoms with Gasteiger partial charge >= 0.3 is 0 Å². The number of aliphatic imine (C=N–C) groups is 1. The van der Waals surface area contributed by atoms with Crippen LogP contribution in [0.25, 0.3) is 0 Å². The maximum atomic E-state index is 4.16. The summed E-state index contributed by atoms with van der Waals surface area (Å²) in [6.07, 6.45) is 6.00. The van der Waals surface area contributed by atoms with Gasteiger partial charge in [0.1, 0.15) is 6.04 Å². The fourth-order valence-corrected chi connectivity index (χ4v) is 1.64. The Morgan fingerprint density at radius 2 is 2.56 bits per heavy atom. The van der Waals surface area contributed by atoms with Gasteiger partial charge in [-0.1, -0.05) is 0 Å². The van der Waals surface area contributed by atoms with E-state index in [0.29, 0.717) is 0 Å². The predicted octanol–water partition coefficient (Wildman–Crippen LogP) is 1.79. The predicted molar refractivity (Wildman–Crippen MR) is 41.4 cm³/mol. The zero-order valence-corrected chi connectivity index (χ0v) is 5.69. The average molecular weight is 136 g/mol. The van der Waals surface area contributed by atoms with Crippen LogP contribution in [0.3, 0.4) is 0 Å². The summed E-state index contributed by atoms with van der Waals surface area (Å²) in [7, 11) is 0. The third kappa shape index (κ3) is 0.833. The molecule has 0 aromatic rings. The molecule has 0 aromatic heterocycles. The molecule has 2 aliphatic rings. The minimum atomic E-state index is 1.09. The fourth-order valence-electron chi connectivity index (χ4n) is 0.898. The molecule has 0 bridgehead atoms. The Morgan fingerprint density at radius 3 is 3.44 bits per heavy atom. The van der Waals surface area contributed by atoms with E-state index in [2.05, 4.69) is 22.6 Å². The topological polar surface area (TPSA) is 12.4 Å². The van der Waals surface area contributed by atoms with Crippen LogP contribution in [0.15, 0.2) is 28.1 Å². The van der Waals surface area contributed by atoms with Crippen molar-refractivity contribution >= 4 is 18.0 Å². The number of nitrogens with zero attached hydrogens (tertiary/aromatic N) is 1. The number of fused-ring (bicyclic) bond motifs is 1. The molecule has 0 N–H and O–H groups in total. The summed E-state index contributed by atoms with van der Waals surface area (Å²) in [6.45, 7) is 0. The summed E-state index contributed by atoms with van der Waals surface area (Å²) in [5.74, 6) is 1.09. The number of hydrogen-bond acceptors (Lipinski definition) is 2. The van der Waals surface area contributed by atoms with Gasteiger partial charge < -0.3 is 0 Å². The molecule has 0 unspecified atom stereocenters. The van der Waals surface area contributed by atoms with E-state index in [4.69, 9.17) is 0 Å². The molecule has 0 spiro atoms. The average Bonchev–Trinajstić information content (AvgIpc) is 2.33. The van der Waals surface area contributed by atoms with Gasteiger partial charge in [0.15, 0.2) is 0 Å². The van der Waals surface area contributed by atoms with Gasteiger partial charge in [0.05, 0.1) is 0 Å². The molecule has 0 amide bonds. The highest BCUT2D eigenvalue weighted by molar-refractivity contribution is 8.02. The van der Waals surface area contributed by atoms with Gasteiger partial charge in [0.2, 0.25) is 0 Å². The van der Waals surface area contributed by atoms with Crippen molar-refractivity contribution in [2.75, 3.05) is 5.75 Å². The number of allylic oxidation sites excluding steroid dienone is 1. The van der Waals surface area contributed by atoms with Gasteiger partial charge in [-0.3, -0.25) is 4.99 Å². The highest BCUT2D eigenvalue weighted by Gasteiger charge is 2.16. The van der Waals surface area contributed by atoms with E-state index in [1.165, 1.54) is 5.57 Å². The molecule has 2 aliphatic heterocycles. The molecule has 2 heterocycles. The van der Waals surface area contributed by atoms with Crippen LogP contribution in [0.1, 0.15) is 0 Å². The summed E-state index contributed by atoms with van der Waals surface area (Å²) in [6, 6.07) is 1.15. The third-order valence-corrected chi connectivity index (χ3v) is 2.19. The normalized spacial score (nSPS) is 24.2. The van der Waals surface area contributed by atoms with E-state index in [0.717, 1.165) is 11.8 Å². The second kappa shape index (κ2) is 2.03. The Morgan fingerprint density at radius 1 is 1.56 bits per heavy atom. The van der Waals surface area contributed by atoms with Crippen molar-refractivity contribution in [2.45, 2.75) is 0 Å². The molecule has 9 heavy (non-hydrogen) atoms. The second-order valence-corrected chi connectivity index (χ2v) is 2.86. The first-order valence-electron chi connectivity index (χ1n) is 2.85. The molecule has 45 valence electrons. The quantitative estimate of drug-likeness (QED) is 0.494. The molecule has 1 nitrogen and oxygen atoms in total. The minimum absolute atomic E-state index is 1.09. The van der Waals surface area contributed by atoms with Crippen LogP contribution in [0.2, 0.25) is 0 Å². The van der Waals surface area contributed by atoms with Gasteiger partial charge in [-0.2, -0.15) is 0 Å². The summed E-state index contributed by atoms with van der Waals surface area (Å²) < 4.78 is 0. The lowest BCUT2D eigenvalue weighted by molar-refractivity contribution is 1.18. The standard InChI is InChI=1S/C7H6NS/c1-3-8-7-2-4-9-5-6(1)7/h1-4H,5H2. The minimum Gasteiger partial charge on any atom is -0.275 e. The maximum Gasteiger partial charge on any atom is 0.134 e. The number of thioether (sulfide) groups is 1. The Bertz CT molecular complexity index is 203. The van der Waals surface area contributed by atoms with Crippen molar-refractivity contribution < 1.29 is 0 Å². The molecule has 0 aliphatic carbocycles. The monoisotopic (exact) mass is 136 g/mol. The van der Waals surface area contributed by atoms with Gasteiger partial charge in [0, 0.05) is 12.0 Å². The van der Waals surface area contributed by atoms with Crippen LogP contribution in [0.5, 0.6) is 0 Å². The Hall–Kier alpha value is -0.500. The zero-order valence-electron chi connectivity index (χ0n) is 4.87. The van der Waals surface area contributed by atoms with Crippen molar-refractivity contribution in [3.63, 3.8) is 0 Å². The maximum absolute atomic E-state index is 4.16. The molecule has 0 fully saturated rings. The van der Waals surface area contributed by atoms with E-state index in [1.807, 2.05) is 18.0 Å². The van der Waals surface area contributed by atoms with E-state index >= 15 is 0 Å². The van der Waals surface area contributed by atoms with Crippen LogP contribution >= 0.6 is 11.8 Å². The second-order valence-electron chi connectivity index (χ2n) is 1.97. The first-order chi connectivity index (χ1) is 4.47. The van der Waals surface area contributed by atoms with Crippen molar-refractivity contribution in [3.8, 4) is 0 Å². The fraction of sp³-hybridized carbons (Fsp3) is 0.143. The van der Waals surface area contributed by atoms with E-state index in [9.17, 15) is 0 Å². The van der Waals surface area contributed by atoms with Crippen molar-refractivity contribution in [3.05, 3.63) is 29.2 Å². The molecule has 2 heteroatoms. The van der Waals surface area contributed by atoms with Crippen LogP contribution in [-0.2, 0) is 0 Å². The van der Waals surface area contributed by atoms with Gasteiger partial charge in [-0.25, -0.2) is 0 Å². The molecule has 0 saturated heterocycles. The zero-order chi connectivity index (χ0) is 6.10. The largest absolute Gasteiger partial charge is 0.275 e. The first kappa shape index (κ1) is 5.30. The van der Waals surface area contributed by atoms with Crippen LogP contribution in [-0.4, -0.2) is 12.0 Å². The highest BCUT2D eigenvalue weighted by Crippen LogP contribution is 2.29. The lowest BCUT2D eigenvalue weighted by Gasteiger charge is -2.09. The SMILES string of the molecule is C1=C[C]2N=CC=C2CS1. The first-order valence-corrected chi connectivity index (χ1v) is 3.90. The van der Waals surface area contributed by atoms with Crippen LogP contribution < -0.4 is 0 Å². The Labute approximate surface area is 58.6 Å². The molecular weight excluding hydrogens is 130 g/mol. The van der Waals surface area contributed by atoms with Gasteiger partial charge in [0.25, 0.3) is 0 Å². The highest BCUT2D eigenvalue weighted by atomic mass is 32.2. The number of rotatable bonds is 0. The summed E-state index contributed by atoms with van der Waals surface area (Å²) in [5.41, 5.74) is 1.36. The lowest BCUT2D eigenvalue weighted by atomic mass is 10.1. The molecule has 0 aromatic carbocycles. The molecule has 0 atom stereocenters. The molecule has 2 rings (SSSR count).